The van der Waals surface area contributed by atoms with Gasteiger partial charge in [0.25, 0.3) is 0 Å². The third-order valence-corrected chi connectivity index (χ3v) is 4.45. The highest BCUT2D eigenvalue weighted by Gasteiger charge is 2.33. The van der Waals surface area contributed by atoms with Gasteiger partial charge in [0.15, 0.2) is 0 Å². The first-order valence-electron chi connectivity index (χ1n) is 7.47. The zero-order chi connectivity index (χ0) is 13.9. The fraction of sp³-hybridized carbons (Fsp3) is 0.562. The van der Waals surface area contributed by atoms with Crippen LogP contribution < -0.4 is 5.32 Å². The molecule has 1 unspecified atom stereocenters. The normalized spacial score (nSPS) is 20.9. The van der Waals surface area contributed by atoms with Gasteiger partial charge in [-0.1, -0.05) is 23.7 Å². The van der Waals surface area contributed by atoms with Gasteiger partial charge in [-0.25, -0.2) is 0 Å². The molecule has 0 aromatic heterocycles. The summed E-state index contributed by atoms with van der Waals surface area (Å²) in [7, 11) is 0. The summed E-state index contributed by atoms with van der Waals surface area (Å²) < 4.78 is 0. The van der Waals surface area contributed by atoms with Crippen LogP contribution in [0.4, 0.5) is 0 Å². The van der Waals surface area contributed by atoms with E-state index in [-0.39, 0.29) is 12.4 Å². The van der Waals surface area contributed by atoms with Gasteiger partial charge in [-0.05, 0) is 56.0 Å². The van der Waals surface area contributed by atoms with Crippen molar-refractivity contribution in [3.63, 3.8) is 0 Å². The smallest absolute Gasteiger partial charge is 0.223 e. The van der Waals surface area contributed by atoms with E-state index >= 15 is 0 Å². The van der Waals surface area contributed by atoms with Crippen molar-refractivity contribution in [3.8, 4) is 0 Å². The van der Waals surface area contributed by atoms with Crippen LogP contribution in [0, 0.1) is 5.92 Å². The lowest BCUT2D eigenvalue weighted by Crippen LogP contribution is -2.34. The number of hydrogen-bond donors (Lipinski definition) is 1. The van der Waals surface area contributed by atoms with E-state index in [4.69, 9.17) is 11.6 Å². The highest BCUT2D eigenvalue weighted by molar-refractivity contribution is 6.30. The zero-order valence-corrected chi connectivity index (χ0v) is 13.6. The Kier molecular flexibility index (Phi) is 5.91. The van der Waals surface area contributed by atoms with Crippen LogP contribution in [-0.2, 0) is 11.3 Å². The largest absolute Gasteiger partial charge is 0.335 e. The van der Waals surface area contributed by atoms with Gasteiger partial charge in [-0.15, -0.1) is 12.4 Å². The second-order valence-corrected chi connectivity index (χ2v) is 6.38. The molecular formula is C16H22Cl2N2O. The van der Waals surface area contributed by atoms with Crippen LogP contribution in [0.15, 0.2) is 24.3 Å². The molecule has 2 aliphatic rings. The van der Waals surface area contributed by atoms with Crippen LogP contribution in [0.1, 0.15) is 31.2 Å². The zero-order valence-electron chi connectivity index (χ0n) is 12.1. The molecular weight excluding hydrogens is 307 g/mol. The Morgan fingerprint density at radius 1 is 1.24 bits per heavy atom. The third-order valence-electron chi connectivity index (χ3n) is 4.20. The van der Waals surface area contributed by atoms with Crippen LogP contribution in [-0.4, -0.2) is 29.9 Å². The van der Waals surface area contributed by atoms with Crippen molar-refractivity contribution in [2.75, 3.05) is 13.1 Å². The van der Waals surface area contributed by atoms with Crippen LogP contribution in [0.3, 0.4) is 0 Å². The Bertz CT molecular complexity index is 468. The molecule has 5 heteroatoms. The van der Waals surface area contributed by atoms with Gasteiger partial charge in [0.2, 0.25) is 5.91 Å². The maximum atomic E-state index is 12.5. The van der Waals surface area contributed by atoms with E-state index in [1.54, 1.807) is 0 Å². The summed E-state index contributed by atoms with van der Waals surface area (Å²) in [4.78, 5) is 14.6. The van der Waals surface area contributed by atoms with E-state index in [2.05, 4.69) is 10.2 Å². The topological polar surface area (TPSA) is 32.3 Å². The first kappa shape index (κ1) is 16.6. The molecule has 3 nitrogen and oxygen atoms in total. The predicted octanol–water partition coefficient (Wildman–Crippen LogP) is 3.25. The van der Waals surface area contributed by atoms with E-state index in [1.165, 1.54) is 5.56 Å². The number of amides is 1. The summed E-state index contributed by atoms with van der Waals surface area (Å²) in [5, 5.41) is 4.08. The maximum Gasteiger partial charge on any atom is 0.223 e. The molecule has 1 saturated heterocycles. The summed E-state index contributed by atoms with van der Waals surface area (Å²) in [6, 6.07) is 8.29. The molecule has 1 N–H and O–H groups in total. The molecule has 21 heavy (non-hydrogen) atoms. The van der Waals surface area contributed by atoms with Gasteiger partial charge < -0.3 is 10.2 Å². The van der Waals surface area contributed by atoms with Gasteiger partial charge in [-0.2, -0.15) is 0 Å². The molecule has 1 aliphatic carbocycles. The van der Waals surface area contributed by atoms with Gasteiger partial charge in [-0.3, -0.25) is 4.79 Å². The molecule has 1 atom stereocenters. The number of carbonyl (C=O) groups excluding carboxylic acids is 1. The summed E-state index contributed by atoms with van der Waals surface area (Å²) in [5.74, 6) is 0.838. The van der Waals surface area contributed by atoms with Gasteiger partial charge in [0.05, 0.1) is 0 Å². The Morgan fingerprint density at radius 3 is 2.52 bits per heavy atom. The lowest BCUT2D eigenvalue weighted by Gasteiger charge is -2.24. The van der Waals surface area contributed by atoms with Crippen LogP contribution >= 0.6 is 24.0 Å². The first-order valence-corrected chi connectivity index (χ1v) is 7.85. The van der Waals surface area contributed by atoms with E-state index in [9.17, 15) is 4.79 Å². The predicted molar refractivity (Wildman–Crippen MR) is 87.9 cm³/mol. The second-order valence-electron chi connectivity index (χ2n) is 5.94. The maximum absolute atomic E-state index is 12.5. The van der Waals surface area contributed by atoms with Gasteiger partial charge in [0.1, 0.15) is 0 Å². The highest BCUT2D eigenvalue weighted by Crippen LogP contribution is 2.30. The lowest BCUT2D eigenvalue weighted by atomic mass is 10.0. The number of carbonyl (C=O) groups is 1. The molecule has 0 spiro atoms. The average molecular weight is 329 g/mol. The fourth-order valence-corrected chi connectivity index (χ4v) is 2.97. The minimum Gasteiger partial charge on any atom is -0.335 e. The van der Waals surface area contributed by atoms with Gasteiger partial charge in [0, 0.05) is 24.0 Å². The Balaban J connectivity index is 0.00000161. The Hall–Kier alpha value is -0.770. The molecule has 1 aromatic rings. The minimum absolute atomic E-state index is 0. The molecule has 0 bridgehead atoms. The quantitative estimate of drug-likeness (QED) is 0.899. The van der Waals surface area contributed by atoms with Crippen molar-refractivity contribution in [2.24, 2.45) is 5.92 Å². The summed E-state index contributed by atoms with van der Waals surface area (Å²) >= 11 is 5.91. The Morgan fingerprint density at radius 2 is 1.95 bits per heavy atom. The molecule has 1 amide bonds. The summed E-state index contributed by atoms with van der Waals surface area (Å²) in [5.41, 5.74) is 1.17. The monoisotopic (exact) mass is 328 g/mol. The SMILES string of the molecule is Cl.O=C(CC1CCNC1)N(Cc1ccc(Cl)cc1)C1CC1. The lowest BCUT2D eigenvalue weighted by molar-refractivity contribution is -0.133. The van der Waals surface area contributed by atoms with Crippen LogP contribution in [0.5, 0.6) is 0 Å². The van der Waals surface area contributed by atoms with E-state index in [1.807, 2.05) is 24.3 Å². The van der Waals surface area contributed by atoms with Crippen molar-refractivity contribution in [1.82, 2.24) is 10.2 Å². The number of hydrogen-bond acceptors (Lipinski definition) is 2. The van der Waals surface area contributed by atoms with Crippen LogP contribution in [0.2, 0.25) is 5.02 Å². The van der Waals surface area contributed by atoms with E-state index in [0.29, 0.717) is 24.3 Å². The van der Waals surface area contributed by atoms with Gasteiger partial charge >= 0.3 is 0 Å². The summed E-state index contributed by atoms with van der Waals surface area (Å²) in [6.07, 6.45) is 4.13. The third kappa shape index (κ3) is 4.60. The molecule has 1 aromatic carbocycles. The number of benzene rings is 1. The van der Waals surface area contributed by atoms with Crippen LogP contribution in [0.25, 0.3) is 0 Å². The van der Waals surface area contributed by atoms with Crippen molar-refractivity contribution in [3.05, 3.63) is 34.9 Å². The number of rotatable bonds is 5. The molecule has 1 aliphatic heterocycles. The molecule has 1 heterocycles. The highest BCUT2D eigenvalue weighted by atomic mass is 35.5. The van der Waals surface area contributed by atoms with Crippen molar-refractivity contribution in [1.29, 1.82) is 0 Å². The standard InChI is InChI=1S/C16H21ClN2O.ClH/c17-14-3-1-12(2-4-14)11-19(15-5-6-15)16(20)9-13-7-8-18-10-13;/h1-4,13,15,18H,5-11H2;1H. The van der Waals surface area contributed by atoms with E-state index < -0.39 is 0 Å². The first-order chi connectivity index (χ1) is 9.72. The fourth-order valence-electron chi connectivity index (χ4n) is 2.85. The summed E-state index contributed by atoms with van der Waals surface area (Å²) in [6.45, 7) is 2.77. The van der Waals surface area contributed by atoms with E-state index in [0.717, 1.165) is 43.9 Å². The number of halogens is 2. The average Bonchev–Trinajstić information content (AvgIpc) is 3.15. The molecule has 3 rings (SSSR count). The second kappa shape index (κ2) is 7.48. The van der Waals surface area contributed by atoms with Crippen molar-refractivity contribution >= 4 is 29.9 Å². The molecule has 1 saturated carbocycles. The van der Waals surface area contributed by atoms with Crippen molar-refractivity contribution in [2.45, 2.75) is 38.3 Å². The van der Waals surface area contributed by atoms with Crippen molar-refractivity contribution < 1.29 is 4.79 Å². The molecule has 116 valence electrons. The Labute approximate surface area is 137 Å². The number of nitrogens with zero attached hydrogens (tertiary/aromatic N) is 1. The molecule has 2 fully saturated rings. The molecule has 0 radical (unpaired) electrons. The number of nitrogens with one attached hydrogen (secondary N) is 1. The minimum atomic E-state index is 0.